The van der Waals surface area contributed by atoms with Gasteiger partial charge in [0, 0.05) is 61.7 Å². The summed E-state index contributed by atoms with van der Waals surface area (Å²) in [6, 6.07) is 8.17. The molecular weight excluding hydrogens is 418 g/mol. The molecule has 6 rings (SSSR count). The molecule has 2 N–H and O–H groups in total. The lowest BCUT2D eigenvalue weighted by Gasteiger charge is -2.39. The molecule has 0 radical (unpaired) electrons. The lowest BCUT2D eigenvalue weighted by atomic mass is 10.0. The molecule has 2 aliphatic rings. The zero-order valence-corrected chi connectivity index (χ0v) is 18.6. The molecule has 2 aliphatic heterocycles. The number of methoxy groups -OCH3 is 1. The van der Waals surface area contributed by atoms with Crippen molar-refractivity contribution in [3.05, 3.63) is 49.1 Å². The number of rotatable bonds is 5. The fourth-order valence-corrected chi connectivity index (χ4v) is 4.37. The molecule has 9 heteroatoms. The van der Waals surface area contributed by atoms with Crippen LogP contribution in [0, 0.1) is 5.92 Å². The average Bonchev–Trinajstić information content (AvgIpc) is 3.31. The quantitative estimate of drug-likeness (QED) is 0.482. The zero-order chi connectivity index (χ0) is 22.4. The summed E-state index contributed by atoms with van der Waals surface area (Å²) in [5.41, 5.74) is 5.29. The van der Waals surface area contributed by atoms with Crippen molar-refractivity contribution < 1.29 is 9.47 Å². The van der Waals surface area contributed by atoms with Crippen LogP contribution in [0.3, 0.4) is 0 Å². The highest BCUT2D eigenvalue weighted by molar-refractivity contribution is 5.77. The van der Waals surface area contributed by atoms with Gasteiger partial charge in [0.15, 0.2) is 11.5 Å². The number of benzene rings is 1. The number of nitrogens with one attached hydrogen (secondary N) is 2. The SMILES string of the molecule is COc1cc(Nc2nc(-c3cnc4c(c3)NCCO4)cn3ccnc23)ccc1N1CC(C)C1. The Morgan fingerprint density at radius 3 is 2.97 bits per heavy atom. The van der Waals surface area contributed by atoms with Crippen molar-refractivity contribution in [2.75, 3.05) is 48.9 Å². The number of pyridine rings is 1. The van der Waals surface area contributed by atoms with Gasteiger partial charge in [-0.1, -0.05) is 6.92 Å². The normalized spacial score (nSPS) is 15.4. The van der Waals surface area contributed by atoms with Gasteiger partial charge in [-0.05, 0) is 24.1 Å². The van der Waals surface area contributed by atoms with Crippen LogP contribution in [0.2, 0.25) is 0 Å². The lowest BCUT2D eigenvalue weighted by Crippen LogP contribution is -2.45. The predicted molar refractivity (Wildman–Crippen MR) is 128 cm³/mol. The van der Waals surface area contributed by atoms with E-state index in [4.69, 9.17) is 14.5 Å². The Hall–Kier alpha value is -4.01. The van der Waals surface area contributed by atoms with Gasteiger partial charge in [0.05, 0.1) is 24.2 Å². The number of aromatic nitrogens is 4. The summed E-state index contributed by atoms with van der Waals surface area (Å²) >= 11 is 0. The van der Waals surface area contributed by atoms with E-state index in [1.165, 1.54) is 0 Å². The first-order valence-electron chi connectivity index (χ1n) is 11.1. The second kappa shape index (κ2) is 7.84. The van der Waals surface area contributed by atoms with E-state index in [9.17, 15) is 0 Å². The molecule has 0 bridgehead atoms. The molecule has 9 nitrogen and oxygen atoms in total. The lowest BCUT2D eigenvalue weighted by molar-refractivity contribution is 0.310. The molecule has 4 aromatic rings. The van der Waals surface area contributed by atoms with E-state index in [1.54, 1.807) is 19.5 Å². The summed E-state index contributed by atoms with van der Waals surface area (Å²) in [5.74, 6) is 2.84. The minimum atomic E-state index is 0.617. The van der Waals surface area contributed by atoms with Crippen LogP contribution >= 0.6 is 0 Å². The fourth-order valence-electron chi connectivity index (χ4n) is 4.37. The van der Waals surface area contributed by atoms with E-state index in [2.05, 4.69) is 44.6 Å². The Morgan fingerprint density at radius 2 is 2.12 bits per heavy atom. The van der Waals surface area contributed by atoms with Crippen LogP contribution in [0.25, 0.3) is 16.9 Å². The summed E-state index contributed by atoms with van der Waals surface area (Å²) in [7, 11) is 1.71. The fraction of sp³-hybridized carbons (Fsp3) is 0.292. The third-order valence-corrected chi connectivity index (χ3v) is 6.02. The van der Waals surface area contributed by atoms with Crippen LogP contribution < -0.4 is 25.0 Å². The number of nitrogens with zero attached hydrogens (tertiary/aromatic N) is 5. The number of fused-ring (bicyclic) bond motifs is 2. The van der Waals surface area contributed by atoms with Gasteiger partial charge in [-0.25, -0.2) is 15.0 Å². The Morgan fingerprint density at radius 1 is 1.21 bits per heavy atom. The maximum Gasteiger partial charge on any atom is 0.237 e. The van der Waals surface area contributed by atoms with E-state index < -0.39 is 0 Å². The second-order valence-corrected chi connectivity index (χ2v) is 8.51. The molecule has 168 valence electrons. The van der Waals surface area contributed by atoms with E-state index in [0.717, 1.165) is 59.4 Å². The number of hydrogen-bond acceptors (Lipinski definition) is 8. The smallest absolute Gasteiger partial charge is 0.237 e. The van der Waals surface area contributed by atoms with Crippen molar-refractivity contribution in [3.8, 4) is 22.9 Å². The maximum atomic E-state index is 5.68. The topological polar surface area (TPSA) is 88.8 Å². The van der Waals surface area contributed by atoms with Crippen LogP contribution in [0.4, 0.5) is 22.9 Å². The average molecular weight is 444 g/mol. The summed E-state index contributed by atoms with van der Waals surface area (Å²) in [4.78, 5) is 16.2. The van der Waals surface area contributed by atoms with E-state index >= 15 is 0 Å². The van der Waals surface area contributed by atoms with Crippen molar-refractivity contribution in [3.63, 3.8) is 0 Å². The number of imidazole rings is 1. The Balaban J connectivity index is 1.35. The number of ether oxygens (including phenoxy) is 2. The monoisotopic (exact) mass is 443 g/mol. The van der Waals surface area contributed by atoms with Crippen LogP contribution in [0.1, 0.15) is 6.92 Å². The zero-order valence-electron chi connectivity index (χ0n) is 18.6. The molecule has 0 atom stereocenters. The standard InChI is InChI=1S/C24H25N7O2/c1-15-12-31(13-15)20-4-3-17(10-21(20)32-2)28-22-23-26-5-7-30(23)14-19(29-22)16-9-18-24(27-11-16)33-8-6-25-18/h3-5,7,9-11,14-15,25H,6,8,12-13H2,1-2H3,(H,28,29). The first-order chi connectivity index (χ1) is 16.2. The van der Waals surface area contributed by atoms with Gasteiger partial charge in [0.2, 0.25) is 5.88 Å². The number of hydrogen-bond donors (Lipinski definition) is 2. The predicted octanol–water partition coefficient (Wildman–Crippen LogP) is 3.80. The van der Waals surface area contributed by atoms with Crippen molar-refractivity contribution in [1.29, 1.82) is 0 Å². The third kappa shape index (κ3) is 3.55. The van der Waals surface area contributed by atoms with Gasteiger partial charge < -0.3 is 29.4 Å². The van der Waals surface area contributed by atoms with E-state index in [-0.39, 0.29) is 0 Å². The first-order valence-corrected chi connectivity index (χ1v) is 11.1. The highest BCUT2D eigenvalue weighted by atomic mass is 16.5. The summed E-state index contributed by atoms with van der Waals surface area (Å²) in [6.45, 7) is 5.74. The van der Waals surface area contributed by atoms with Gasteiger partial charge >= 0.3 is 0 Å². The summed E-state index contributed by atoms with van der Waals surface area (Å²) in [5, 5.41) is 6.77. The minimum Gasteiger partial charge on any atom is -0.495 e. The Labute approximate surface area is 191 Å². The van der Waals surface area contributed by atoms with Gasteiger partial charge in [0.1, 0.15) is 12.4 Å². The van der Waals surface area contributed by atoms with Crippen LogP contribution in [0.15, 0.2) is 49.1 Å². The van der Waals surface area contributed by atoms with Gasteiger partial charge in [-0.15, -0.1) is 0 Å². The molecule has 33 heavy (non-hydrogen) atoms. The third-order valence-electron chi connectivity index (χ3n) is 6.02. The van der Waals surface area contributed by atoms with Gasteiger partial charge in [-0.3, -0.25) is 0 Å². The van der Waals surface area contributed by atoms with Gasteiger partial charge in [-0.2, -0.15) is 0 Å². The largest absolute Gasteiger partial charge is 0.495 e. The van der Waals surface area contributed by atoms with Crippen LogP contribution in [-0.4, -0.2) is 52.7 Å². The van der Waals surface area contributed by atoms with Crippen molar-refractivity contribution in [1.82, 2.24) is 19.4 Å². The molecule has 0 unspecified atom stereocenters. The van der Waals surface area contributed by atoms with Gasteiger partial charge in [0.25, 0.3) is 0 Å². The van der Waals surface area contributed by atoms with E-state index in [0.29, 0.717) is 24.2 Å². The van der Waals surface area contributed by atoms with Crippen molar-refractivity contribution in [2.45, 2.75) is 6.92 Å². The Bertz CT molecular complexity index is 1330. The highest BCUT2D eigenvalue weighted by Gasteiger charge is 2.25. The van der Waals surface area contributed by atoms with Crippen molar-refractivity contribution >= 4 is 28.5 Å². The molecule has 5 heterocycles. The minimum absolute atomic E-state index is 0.617. The van der Waals surface area contributed by atoms with E-state index in [1.807, 2.05) is 28.9 Å². The molecule has 1 saturated heterocycles. The van der Waals surface area contributed by atoms with Crippen LogP contribution in [0.5, 0.6) is 11.6 Å². The maximum absolute atomic E-state index is 5.68. The molecule has 3 aromatic heterocycles. The molecule has 1 fully saturated rings. The number of anilines is 4. The molecule has 0 saturated carbocycles. The Kier molecular flexibility index (Phi) is 4.67. The van der Waals surface area contributed by atoms with Crippen molar-refractivity contribution in [2.24, 2.45) is 5.92 Å². The molecule has 0 spiro atoms. The van der Waals surface area contributed by atoms with Crippen LogP contribution in [-0.2, 0) is 0 Å². The summed E-state index contributed by atoms with van der Waals surface area (Å²) in [6.07, 6.45) is 7.41. The molecular formula is C24H25N7O2. The molecule has 0 amide bonds. The first kappa shape index (κ1) is 19.7. The summed E-state index contributed by atoms with van der Waals surface area (Å²) < 4.78 is 13.2. The highest BCUT2D eigenvalue weighted by Crippen LogP contribution is 2.36. The molecule has 1 aromatic carbocycles. The molecule has 0 aliphatic carbocycles. The second-order valence-electron chi connectivity index (χ2n) is 8.51.